The van der Waals surface area contributed by atoms with Crippen LogP contribution in [0.25, 0.3) is 0 Å². The molecule has 0 radical (unpaired) electrons. The second-order valence-corrected chi connectivity index (χ2v) is 6.35. The van der Waals surface area contributed by atoms with Crippen LogP contribution in [0.1, 0.15) is 0 Å². The quantitative estimate of drug-likeness (QED) is 0.230. The molecule has 0 aromatic heterocycles. The summed E-state index contributed by atoms with van der Waals surface area (Å²) in [7, 11) is 3.08. The molecule has 2 amide bonds. The van der Waals surface area contributed by atoms with Crippen molar-refractivity contribution in [3.8, 4) is 11.5 Å². The van der Waals surface area contributed by atoms with Gasteiger partial charge in [0.25, 0.3) is 0 Å². The molecule has 2 aromatic carbocycles. The molecule has 0 aliphatic carbocycles. The van der Waals surface area contributed by atoms with Crippen LogP contribution in [0, 0.1) is 0 Å². The minimum atomic E-state index is -0.985. The molecule has 0 unspecified atom stereocenters. The zero-order valence-electron chi connectivity index (χ0n) is 16.1. The van der Waals surface area contributed by atoms with Crippen molar-refractivity contribution >= 4 is 57.8 Å². The monoisotopic (exact) mass is 448 g/mol. The van der Waals surface area contributed by atoms with E-state index in [2.05, 4.69) is 32.3 Å². The first-order valence-corrected chi connectivity index (χ1v) is 9.25. The number of ether oxygens (including phenoxy) is 2. The van der Waals surface area contributed by atoms with E-state index in [1.165, 1.54) is 0 Å². The van der Waals surface area contributed by atoms with Crippen molar-refractivity contribution in [1.82, 2.24) is 21.7 Å². The predicted molar refractivity (Wildman–Crippen MR) is 121 cm³/mol. The molecule has 2 rings (SSSR count). The van der Waals surface area contributed by atoms with Gasteiger partial charge in [-0.2, -0.15) is 0 Å². The fraction of sp³-hybridized carbons (Fsp3) is 0.111. The summed E-state index contributed by atoms with van der Waals surface area (Å²) in [5, 5.41) is 5.82. The first kappa shape index (κ1) is 22.6. The zero-order valence-corrected chi connectivity index (χ0v) is 17.7. The number of methoxy groups -OCH3 is 2. The summed E-state index contributed by atoms with van der Waals surface area (Å²) in [6.45, 7) is 0. The predicted octanol–water partition coefficient (Wildman–Crippen LogP) is 1.04. The number of carbonyl (C=O) groups is 2. The summed E-state index contributed by atoms with van der Waals surface area (Å²) < 4.78 is 10.2. The van der Waals surface area contributed by atoms with Crippen LogP contribution >= 0.6 is 24.4 Å². The molecule has 6 N–H and O–H groups in total. The molecule has 0 aliphatic heterocycles. The molecule has 0 saturated heterocycles. The Morgan fingerprint density at radius 1 is 0.700 bits per heavy atom. The summed E-state index contributed by atoms with van der Waals surface area (Å²) in [5.74, 6) is -0.699. The molecular weight excluding hydrogens is 428 g/mol. The van der Waals surface area contributed by atoms with Gasteiger partial charge in [-0.1, -0.05) is 12.1 Å². The number of thiocarbonyl (C=S) groups is 2. The van der Waals surface area contributed by atoms with E-state index in [9.17, 15) is 9.59 Å². The van der Waals surface area contributed by atoms with Crippen molar-refractivity contribution < 1.29 is 19.1 Å². The number of benzene rings is 2. The van der Waals surface area contributed by atoms with Crippen LogP contribution in [0.3, 0.4) is 0 Å². The van der Waals surface area contributed by atoms with E-state index >= 15 is 0 Å². The lowest BCUT2D eigenvalue weighted by molar-refractivity contribution is -0.139. The van der Waals surface area contributed by atoms with Gasteiger partial charge in [0.1, 0.15) is 11.5 Å². The highest BCUT2D eigenvalue weighted by Gasteiger charge is 2.14. The molecule has 12 heteroatoms. The second-order valence-electron chi connectivity index (χ2n) is 5.53. The van der Waals surface area contributed by atoms with E-state index in [1.54, 1.807) is 62.8 Å². The molecule has 0 bridgehead atoms. The summed E-state index contributed by atoms with van der Waals surface area (Å²) in [4.78, 5) is 23.7. The highest BCUT2D eigenvalue weighted by Crippen LogP contribution is 2.17. The van der Waals surface area contributed by atoms with E-state index < -0.39 is 11.8 Å². The van der Waals surface area contributed by atoms with E-state index in [-0.39, 0.29) is 10.2 Å². The van der Waals surface area contributed by atoms with Gasteiger partial charge >= 0.3 is 11.8 Å². The Balaban J connectivity index is 1.72. The number of rotatable bonds is 4. The maximum absolute atomic E-state index is 11.8. The molecule has 2 aromatic rings. The third-order valence-corrected chi connectivity index (χ3v) is 3.85. The summed E-state index contributed by atoms with van der Waals surface area (Å²) in [6, 6.07) is 14.0. The van der Waals surface area contributed by atoms with Gasteiger partial charge in [-0.3, -0.25) is 31.3 Å². The molecule has 0 aliphatic rings. The third-order valence-electron chi connectivity index (χ3n) is 3.44. The second kappa shape index (κ2) is 11.4. The zero-order chi connectivity index (χ0) is 21.9. The summed E-state index contributed by atoms with van der Waals surface area (Å²) in [5.41, 5.74) is 10.4. The van der Waals surface area contributed by atoms with Crippen molar-refractivity contribution in [2.75, 3.05) is 24.9 Å². The van der Waals surface area contributed by atoms with Crippen molar-refractivity contribution in [2.24, 2.45) is 0 Å². The maximum Gasteiger partial charge on any atom is 0.329 e. The Bertz CT molecular complexity index is 865. The number of carbonyl (C=O) groups excluding carboxylic acids is 2. The maximum atomic E-state index is 11.8. The van der Waals surface area contributed by atoms with Crippen molar-refractivity contribution in [3.63, 3.8) is 0 Å². The van der Waals surface area contributed by atoms with E-state index in [1.807, 2.05) is 0 Å². The molecule has 0 saturated carbocycles. The van der Waals surface area contributed by atoms with Gasteiger partial charge in [-0.25, -0.2) is 0 Å². The van der Waals surface area contributed by atoms with Crippen LogP contribution in [-0.2, 0) is 9.59 Å². The van der Waals surface area contributed by atoms with E-state index in [0.29, 0.717) is 22.9 Å². The van der Waals surface area contributed by atoms with E-state index in [0.717, 1.165) is 0 Å². The van der Waals surface area contributed by atoms with Crippen LogP contribution in [0.4, 0.5) is 11.4 Å². The number of amides is 2. The molecule has 0 atom stereocenters. The molecule has 0 heterocycles. The Morgan fingerprint density at radius 3 is 1.47 bits per heavy atom. The topological polar surface area (TPSA) is 125 Å². The van der Waals surface area contributed by atoms with Crippen LogP contribution in [0.2, 0.25) is 0 Å². The lowest BCUT2D eigenvalue weighted by Crippen LogP contribution is -2.53. The number of hydrogen-bond donors (Lipinski definition) is 6. The number of nitrogens with one attached hydrogen (secondary N) is 6. The Morgan fingerprint density at radius 2 is 1.10 bits per heavy atom. The number of hydrazine groups is 2. The standard InChI is InChI=1S/C18H20N6O4S2/c1-27-13-7-3-5-11(9-13)19-17(29)23-21-15(25)16(26)22-24-18(30)20-12-6-4-8-14(10-12)28-2/h3-10H,1-2H3,(H,21,25)(H,22,26)(H2,19,23,29)(H2,20,24,30). The van der Waals surface area contributed by atoms with Crippen LogP contribution in [-0.4, -0.2) is 36.3 Å². The molecule has 10 nitrogen and oxygen atoms in total. The molecular formula is C18H20N6O4S2. The average molecular weight is 449 g/mol. The van der Waals surface area contributed by atoms with Crippen molar-refractivity contribution in [3.05, 3.63) is 48.5 Å². The average Bonchev–Trinajstić information content (AvgIpc) is 2.76. The van der Waals surface area contributed by atoms with Gasteiger partial charge in [0.15, 0.2) is 10.2 Å². The van der Waals surface area contributed by atoms with Gasteiger partial charge in [0, 0.05) is 23.5 Å². The van der Waals surface area contributed by atoms with E-state index in [4.69, 9.17) is 33.9 Å². The largest absolute Gasteiger partial charge is 0.497 e. The lowest BCUT2D eigenvalue weighted by Gasteiger charge is -2.13. The minimum Gasteiger partial charge on any atom is -0.497 e. The van der Waals surface area contributed by atoms with Crippen LogP contribution < -0.4 is 41.8 Å². The summed E-state index contributed by atoms with van der Waals surface area (Å²) >= 11 is 10.1. The highest BCUT2D eigenvalue weighted by atomic mass is 32.1. The summed E-state index contributed by atoms with van der Waals surface area (Å²) in [6.07, 6.45) is 0. The third kappa shape index (κ3) is 7.41. The lowest BCUT2D eigenvalue weighted by atomic mass is 10.3. The molecule has 30 heavy (non-hydrogen) atoms. The highest BCUT2D eigenvalue weighted by molar-refractivity contribution is 7.80. The number of hydrogen-bond acceptors (Lipinski definition) is 6. The first-order valence-electron chi connectivity index (χ1n) is 8.43. The molecule has 0 fully saturated rings. The smallest absolute Gasteiger partial charge is 0.329 e. The van der Waals surface area contributed by atoms with Crippen LogP contribution in [0.5, 0.6) is 11.5 Å². The number of anilines is 2. The SMILES string of the molecule is COc1cccc(NC(=S)NNC(=O)C(=O)NNC(=S)Nc2cccc(OC)c2)c1. The van der Waals surface area contributed by atoms with Crippen molar-refractivity contribution in [1.29, 1.82) is 0 Å². The Labute approximate surface area is 183 Å². The van der Waals surface area contributed by atoms with Gasteiger partial charge in [-0.15, -0.1) is 0 Å². The minimum absolute atomic E-state index is 0.0765. The normalized spacial score (nSPS) is 9.53. The van der Waals surface area contributed by atoms with Gasteiger partial charge in [-0.05, 0) is 48.7 Å². The Hall–Kier alpha value is -3.64. The fourth-order valence-corrected chi connectivity index (χ4v) is 2.40. The molecule has 0 spiro atoms. The van der Waals surface area contributed by atoms with Crippen molar-refractivity contribution in [2.45, 2.75) is 0 Å². The fourth-order valence-electron chi connectivity index (χ4n) is 2.07. The Kier molecular flexibility index (Phi) is 8.59. The van der Waals surface area contributed by atoms with Gasteiger partial charge in [0.05, 0.1) is 14.2 Å². The van der Waals surface area contributed by atoms with Gasteiger partial charge in [0.2, 0.25) is 0 Å². The van der Waals surface area contributed by atoms with Gasteiger partial charge < -0.3 is 20.1 Å². The first-order chi connectivity index (χ1) is 14.4. The molecule has 158 valence electrons. The van der Waals surface area contributed by atoms with Crippen LogP contribution in [0.15, 0.2) is 48.5 Å².